The summed E-state index contributed by atoms with van der Waals surface area (Å²) in [5, 5.41) is 30.0. The molecule has 1 saturated carbocycles. The Balaban J connectivity index is 2.20. The number of aromatic amines is 1. The Kier molecular flexibility index (Phi) is 3.96. The van der Waals surface area contributed by atoms with Crippen molar-refractivity contribution in [3.63, 3.8) is 0 Å². The molecule has 4 N–H and O–H groups in total. The normalized spacial score (nSPS) is 37.4. The zero-order valence-corrected chi connectivity index (χ0v) is 12.2. The lowest BCUT2D eigenvalue weighted by atomic mass is 9.87. The number of ketones is 1. The van der Waals surface area contributed by atoms with Gasteiger partial charge in [0, 0.05) is 18.7 Å². The van der Waals surface area contributed by atoms with Gasteiger partial charge in [0.2, 0.25) is 0 Å². The minimum absolute atomic E-state index is 0.201. The van der Waals surface area contributed by atoms with Gasteiger partial charge in [-0.1, -0.05) is 0 Å². The number of rotatable bonds is 3. The number of H-pyrrole nitrogens is 1. The first kappa shape index (κ1) is 16.1. The fraction of sp³-hybridized carbons (Fsp3) is 0.643. The first-order chi connectivity index (χ1) is 10.9. The number of hydrogen-bond donors (Lipinski definition) is 4. The molecule has 23 heavy (non-hydrogen) atoms. The van der Waals surface area contributed by atoms with Gasteiger partial charge < -0.3 is 20.1 Å². The fourth-order valence-corrected chi connectivity index (χ4v) is 3.58. The molecule has 0 bridgehead atoms. The number of nitrogens with one attached hydrogen (secondary N) is 1. The first-order valence-electron chi connectivity index (χ1n) is 7.41. The van der Waals surface area contributed by atoms with Gasteiger partial charge in [0.15, 0.2) is 5.72 Å². The van der Waals surface area contributed by atoms with Crippen molar-refractivity contribution < 1.29 is 24.9 Å². The van der Waals surface area contributed by atoms with Crippen LogP contribution in [0, 0.1) is 5.92 Å². The summed E-state index contributed by atoms with van der Waals surface area (Å²) in [6, 6.07) is 1.07. The van der Waals surface area contributed by atoms with Gasteiger partial charge in [-0.25, -0.2) is 4.79 Å². The van der Waals surface area contributed by atoms with E-state index in [-0.39, 0.29) is 12.2 Å². The molecule has 1 saturated heterocycles. The molecule has 5 atom stereocenters. The highest BCUT2D eigenvalue weighted by Crippen LogP contribution is 2.45. The summed E-state index contributed by atoms with van der Waals surface area (Å²) in [5.41, 5.74) is -3.34. The Bertz CT molecular complexity index is 726. The monoisotopic (exact) mass is 326 g/mol. The molecule has 9 nitrogen and oxygen atoms in total. The van der Waals surface area contributed by atoms with Gasteiger partial charge in [-0.05, 0) is 12.8 Å². The molecule has 1 aromatic heterocycles. The van der Waals surface area contributed by atoms with Crippen molar-refractivity contribution in [2.45, 2.75) is 43.3 Å². The maximum absolute atomic E-state index is 12.2. The smallest absolute Gasteiger partial charge is 0.330 e. The predicted octanol–water partition coefficient (Wildman–Crippen LogP) is -2.33. The molecule has 2 fully saturated rings. The van der Waals surface area contributed by atoms with Crippen LogP contribution in [0.25, 0.3) is 0 Å². The zero-order chi connectivity index (χ0) is 16.8. The number of nitrogens with zero attached hydrogens (tertiary/aromatic N) is 1. The molecule has 2 aliphatic rings. The summed E-state index contributed by atoms with van der Waals surface area (Å²) in [7, 11) is 0. The van der Waals surface area contributed by atoms with E-state index < -0.39 is 47.8 Å². The van der Waals surface area contributed by atoms with E-state index in [1.54, 1.807) is 0 Å². The molecule has 9 heteroatoms. The van der Waals surface area contributed by atoms with E-state index in [1.807, 2.05) is 0 Å². The standard InChI is InChI=1S/C14H18N2O7/c17-6-9-11(20)12(21)14(23-9,7-2-1-3-8(7)18)16-5-4-10(19)15-13(16)22/h4-5,7,9,11-12,17,20-21H,1-3,6H2,(H,15,19,22)/t7?,9-,11-,12-,14-/m1/s1. The number of hydrogen-bond acceptors (Lipinski definition) is 7. The van der Waals surface area contributed by atoms with E-state index in [9.17, 15) is 29.7 Å². The summed E-state index contributed by atoms with van der Waals surface area (Å²) in [6.45, 7) is -0.584. The van der Waals surface area contributed by atoms with Gasteiger partial charge in [0.25, 0.3) is 5.56 Å². The second kappa shape index (κ2) is 5.68. The number of carbonyl (C=O) groups is 1. The minimum Gasteiger partial charge on any atom is -0.394 e. The van der Waals surface area contributed by atoms with Crippen molar-refractivity contribution in [2.24, 2.45) is 5.92 Å². The molecular weight excluding hydrogens is 308 g/mol. The van der Waals surface area contributed by atoms with Gasteiger partial charge in [-0.2, -0.15) is 0 Å². The van der Waals surface area contributed by atoms with E-state index in [4.69, 9.17) is 4.74 Å². The number of aliphatic hydroxyl groups is 3. The topological polar surface area (TPSA) is 142 Å². The Morgan fingerprint density at radius 2 is 2.09 bits per heavy atom. The molecule has 2 heterocycles. The SMILES string of the molecule is O=C1CCCC1[C@@]1(n2ccc(=O)[nH]c2=O)O[C@H](CO)[C@@H](O)[C@H]1O. The third-order valence-electron chi connectivity index (χ3n) is 4.65. The number of aliphatic hydroxyl groups excluding tert-OH is 3. The molecule has 0 spiro atoms. The summed E-state index contributed by atoms with van der Waals surface area (Å²) in [5.74, 6) is -1.06. The van der Waals surface area contributed by atoms with Crippen molar-refractivity contribution in [1.29, 1.82) is 0 Å². The van der Waals surface area contributed by atoms with Gasteiger partial charge in [-0.3, -0.25) is 19.1 Å². The number of Topliss-reactive ketones (excluding diaryl/α,β-unsaturated/α-hetero) is 1. The molecule has 0 aromatic carbocycles. The fourth-order valence-electron chi connectivity index (χ4n) is 3.58. The van der Waals surface area contributed by atoms with Crippen LogP contribution in [0.2, 0.25) is 0 Å². The van der Waals surface area contributed by atoms with E-state index in [2.05, 4.69) is 4.98 Å². The largest absolute Gasteiger partial charge is 0.394 e. The molecule has 1 unspecified atom stereocenters. The van der Waals surface area contributed by atoms with E-state index >= 15 is 0 Å². The molecule has 3 rings (SSSR count). The molecule has 1 aliphatic carbocycles. The predicted molar refractivity (Wildman–Crippen MR) is 75.6 cm³/mol. The third kappa shape index (κ3) is 2.27. The van der Waals surface area contributed by atoms with Gasteiger partial charge in [0.05, 0.1) is 12.5 Å². The molecular formula is C14H18N2O7. The Labute approximate surface area is 130 Å². The van der Waals surface area contributed by atoms with Crippen LogP contribution >= 0.6 is 0 Å². The quantitative estimate of drug-likeness (QED) is 0.488. The van der Waals surface area contributed by atoms with Crippen LogP contribution in [-0.2, 0) is 15.3 Å². The first-order valence-corrected chi connectivity index (χ1v) is 7.41. The van der Waals surface area contributed by atoms with E-state index in [0.717, 1.165) is 16.8 Å². The maximum atomic E-state index is 12.2. The summed E-state index contributed by atoms with van der Waals surface area (Å²) in [6.07, 6.45) is -1.87. The number of ether oxygens (including phenoxy) is 1. The van der Waals surface area contributed by atoms with E-state index in [0.29, 0.717) is 12.8 Å². The lowest BCUT2D eigenvalue weighted by molar-refractivity contribution is -0.187. The maximum Gasteiger partial charge on any atom is 0.330 e. The van der Waals surface area contributed by atoms with Crippen molar-refractivity contribution >= 4 is 5.78 Å². The summed E-state index contributed by atoms with van der Waals surface area (Å²) in [4.78, 5) is 37.8. The van der Waals surface area contributed by atoms with Gasteiger partial charge in [-0.15, -0.1) is 0 Å². The molecule has 1 aromatic rings. The molecule has 1 aliphatic heterocycles. The number of carbonyl (C=O) groups excluding carboxylic acids is 1. The zero-order valence-electron chi connectivity index (χ0n) is 12.2. The molecule has 0 amide bonds. The Hall–Kier alpha value is -1.81. The van der Waals surface area contributed by atoms with E-state index in [1.165, 1.54) is 0 Å². The highest BCUT2D eigenvalue weighted by molar-refractivity contribution is 5.84. The van der Waals surface area contributed by atoms with Crippen LogP contribution in [0.3, 0.4) is 0 Å². The summed E-state index contributed by atoms with van der Waals surface area (Å²) >= 11 is 0. The third-order valence-corrected chi connectivity index (χ3v) is 4.65. The van der Waals surface area contributed by atoms with Crippen LogP contribution < -0.4 is 11.2 Å². The van der Waals surface area contributed by atoms with Crippen LogP contribution in [0.1, 0.15) is 19.3 Å². The van der Waals surface area contributed by atoms with Crippen molar-refractivity contribution in [3.8, 4) is 0 Å². The minimum atomic E-state index is -1.85. The summed E-state index contributed by atoms with van der Waals surface area (Å²) < 4.78 is 6.59. The average Bonchev–Trinajstić information content (AvgIpc) is 3.04. The second-order valence-corrected chi connectivity index (χ2v) is 5.92. The Morgan fingerprint density at radius 3 is 2.61 bits per heavy atom. The van der Waals surface area contributed by atoms with Crippen LogP contribution in [0.4, 0.5) is 0 Å². The molecule has 0 radical (unpaired) electrons. The van der Waals surface area contributed by atoms with Crippen molar-refractivity contribution in [1.82, 2.24) is 9.55 Å². The number of aromatic nitrogens is 2. The van der Waals surface area contributed by atoms with Gasteiger partial charge >= 0.3 is 5.69 Å². The van der Waals surface area contributed by atoms with Crippen LogP contribution in [-0.4, -0.2) is 55.6 Å². The Morgan fingerprint density at radius 1 is 1.35 bits per heavy atom. The highest BCUT2D eigenvalue weighted by Gasteiger charge is 2.62. The van der Waals surface area contributed by atoms with Crippen molar-refractivity contribution in [2.75, 3.05) is 6.61 Å². The second-order valence-electron chi connectivity index (χ2n) is 5.92. The average molecular weight is 326 g/mol. The molecule has 126 valence electrons. The van der Waals surface area contributed by atoms with Crippen LogP contribution in [0.5, 0.6) is 0 Å². The van der Waals surface area contributed by atoms with Crippen molar-refractivity contribution in [3.05, 3.63) is 33.1 Å². The lowest BCUT2D eigenvalue weighted by Gasteiger charge is -2.38. The van der Waals surface area contributed by atoms with Crippen LogP contribution in [0.15, 0.2) is 21.9 Å². The van der Waals surface area contributed by atoms with Gasteiger partial charge in [0.1, 0.15) is 24.1 Å². The highest BCUT2D eigenvalue weighted by atomic mass is 16.6. The lowest BCUT2D eigenvalue weighted by Crippen LogP contribution is -2.57.